The van der Waals surface area contributed by atoms with E-state index in [1.807, 2.05) is 6.07 Å². The minimum Gasteiger partial charge on any atom is -0.493 e. The monoisotopic (exact) mass is 223 g/mol. The van der Waals surface area contributed by atoms with Crippen molar-refractivity contribution < 1.29 is 9.13 Å². The predicted molar refractivity (Wildman–Crippen MR) is 61.8 cm³/mol. The van der Waals surface area contributed by atoms with E-state index >= 15 is 0 Å². The van der Waals surface area contributed by atoms with Gasteiger partial charge in [-0.15, -0.1) is 0 Å². The lowest BCUT2D eigenvalue weighted by Crippen LogP contribution is -2.25. The van der Waals surface area contributed by atoms with Crippen LogP contribution >= 0.6 is 0 Å². The molecule has 0 bridgehead atoms. The van der Waals surface area contributed by atoms with Gasteiger partial charge in [-0.05, 0) is 24.3 Å². The van der Waals surface area contributed by atoms with Gasteiger partial charge < -0.3 is 10.5 Å². The Morgan fingerprint density at radius 2 is 2.19 bits per heavy atom. The lowest BCUT2D eigenvalue weighted by atomic mass is 9.97. The van der Waals surface area contributed by atoms with Crippen molar-refractivity contribution in [2.24, 2.45) is 17.6 Å². The van der Waals surface area contributed by atoms with Gasteiger partial charge in [-0.2, -0.15) is 0 Å². The Balaban J connectivity index is 2.39. The minimum absolute atomic E-state index is 0.299. The first-order chi connectivity index (χ1) is 7.50. The Hall–Kier alpha value is -1.09. The Morgan fingerprint density at radius 1 is 1.50 bits per heavy atom. The molecule has 0 amide bonds. The number of hydrogen-bond acceptors (Lipinski definition) is 2. The van der Waals surface area contributed by atoms with E-state index in [4.69, 9.17) is 10.5 Å². The highest BCUT2D eigenvalue weighted by molar-refractivity contribution is 5.44. The highest BCUT2D eigenvalue weighted by Gasteiger charge is 2.55. The fourth-order valence-electron chi connectivity index (χ4n) is 2.53. The molecule has 1 fully saturated rings. The van der Waals surface area contributed by atoms with Crippen LogP contribution in [0.15, 0.2) is 18.2 Å². The molecular formula is C13H18FNO. The lowest BCUT2D eigenvalue weighted by Gasteiger charge is -2.17. The van der Waals surface area contributed by atoms with Crippen LogP contribution in [0.5, 0.6) is 5.75 Å². The summed E-state index contributed by atoms with van der Waals surface area (Å²) in [5.41, 5.74) is 6.71. The number of halogens is 1. The van der Waals surface area contributed by atoms with Crippen LogP contribution in [0.4, 0.5) is 4.39 Å². The molecule has 1 aliphatic carbocycles. The van der Waals surface area contributed by atoms with E-state index in [0.29, 0.717) is 17.6 Å². The first-order valence-electron chi connectivity index (χ1n) is 5.62. The van der Waals surface area contributed by atoms with Gasteiger partial charge in [0, 0.05) is 11.1 Å². The second-order valence-electron chi connectivity index (χ2n) is 4.92. The first-order valence-corrected chi connectivity index (χ1v) is 5.62. The smallest absolute Gasteiger partial charge is 0.165 e. The van der Waals surface area contributed by atoms with Crippen LogP contribution in [0.25, 0.3) is 0 Å². The molecule has 0 aliphatic heterocycles. The number of hydrogen-bond donors (Lipinski definition) is 1. The highest BCUT2D eigenvalue weighted by Crippen LogP contribution is 2.55. The quantitative estimate of drug-likeness (QED) is 0.855. The summed E-state index contributed by atoms with van der Waals surface area (Å²) >= 11 is 0. The Labute approximate surface area is 95.6 Å². The van der Waals surface area contributed by atoms with Crippen molar-refractivity contribution in [3.05, 3.63) is 29.6 Å². The molecule has 3 heteroatoms. The predicted octanol–water partition coefficient (Wildman–Crippen LogP) is 2.66. The molecule has 1 saturated carbocycles. The molecule has 2 atom stereocenters. The molecule has 88 valence electrons. The van der Waals surface area contributed by atoms with Gasteiger partial charge in [-0.3, -0.25) is 0 Å². The fraction of sp³-hybridized carbons (Fsp3) is 0.538. The third-order valence-corrected chi connectivity index (χ3v) is 3.54. The van der Waals surface area contributed by atoms with E-state index in [-0.39, 0.29) is 5.82 Å². The molecule has 0 aromatic heterocycles. The third kappa shape index (κ3) is 1.59. The van der Waals surface area contributed by atoms with Crippen molar-refractivity contribution >= 4 is 0 Å². The van der Waals surface area contributed by atoms with Gasteiger partial charge in [0.2, 0.25) is 0 Å². The summed E-state index contributed by atoms with van der Waals surface area (Å²) in [6.07, 6.45) is 0.907. The number of nitrogens with two attached hydrogens (primary N) is 1. The van der Waals surface area contributed by atoms with E-state index in [1.165, 1.54) is 13.2 Å². The normalized spacial score (nSPS) is 28.2. The van der Waals surface area contributed by atoms with Crippen LogP contribution in [-0.2, 0) is 5.54 Å². The molecule has 16 heavy (non-hydrogen) atoms. The van der Waals surface area contributed by atoms with E-state index in [0.717, 1.165) is 12.0 Å². The summed E-state index contributed by atoms with van der Waals surface area (Å²) in [7, 11) is 1.48. The number of para-hydroxylation sites is 1. The maximum absolute atomic E-state index is 13.6. The van der Waals surface area contributed by atoms with Crippen molar-refractivity contribution in [3.63, 3.8) is 0 Å². The SMILES string of the molecule is COc1c(F)cccc1C1(N)CC1C(C)C. The molecule has 1 aromatic carbocycles. The molecule has 1 aliphatic rings. The summed E-state index contributed by atoms with van der Waals surface area (Å²) in [4.78, 5) is 0. The maximum atomic E-state index is 13.6. The van der Waals surface area contributed by atoms with E-state index < -0.39 is 5.54 Å². The average molecular weight is 223 g/mol. The van der Waals surface area contributed by atoms with E-state index in [1.54, 1.807) is 6.07 Å². The molecule has 0 saturated heterocycles. The van der Waals surface area contributed by atoms with Crippen LogP contribution < -0.4 is 10.5 Å². The molecule has 2 N–H and O–H groups in total. The number of ether oxygens (including phenoxy) is 1. The van der Waals surface area contributed by atoms with Crippen molar-refractivity contribution in [2.45, 2.75) is 25.8 Å². The van der Waals surface area contributed by atoms with E-state index in [2.05, 4.69) is 13.8 Å². The Bertz CT molecular complexity index is 405. The summed E-state index contributed by atoms with van der Waals surface area (Å²) in [5.74, 6) is 0.897. The second-order valence-corrected chi connectivity index (χ2v) is 4.92. The summed E-state index contributed by atoms with van der Waals surface area (Å²) in [6, 6.07) is 4.96. The van der Waals surface area contributed by atoms with Gasteiger partial charge in [-0.1, -0.05) is 26.0 Å². The molecule has 1 aromatic rings. The van der Waals surface area contributed by atoms with E-state index in [9.17, 15) is 4.39 Å². The maximum Gasteiger partial charge on any atom is 0.165 e. The second kappa shape index (κ2) is 3.74. The van der Waals surface area contributed by atoms with Gasteiger partial charge in [0.05, 0.1) is 7.11 Å². The Morgan fingerprint density at radius 3 is 2.69 bits per heavy atom. The van der Waals surface area contributed by atoms with Crippen LogP contribution in [0, 0.1) is 17.7 Å². The van der Waals surface area contributed by atoms with Gasteiger partial charge in [-0.25, -0.2) is 4.39 Å². The Kier molecular flexibility index (Phi) is 2.66. The zero-order valence-electron chi connectivity index (χ0n) is 9.96. The van der Waals surface area contributed by atoms with Crippen molar-refractivity contribution in [2.75, 3.05) is 7.11 Å². The molecule has 0 radical (unpaired) electrons. The third-order valence-electron chi connectivity index (χ3n) is 3.54. The van der Waals surface area contributed by atoms with Crippen molar-refractivity contribution in [3.8, 4) is 5.75 Å². The lowest BCUT2D eigenvalue weighted by molar-refractivity contribution is 0.371. The molecule has 2 unspecified atom stereocenters. The first kappa shape index (κ1) is 11.4. The molecule has 0 heterocycles. The van der Waals surface area contributed by atoms with Gasteiger partial charge in [0.15, 0.2) is 11.6 Å². The number of methoxy groups -OCH3 is 1. The van der Waals surface area contributed by atoms with Crippen LogP contribution in [0.3, 0.4) is 0 Å². The molecule has 0 spiro atoms. The van der Waals surface area contributed by atoms with Crippen LogP contribution in [-0.4, -0.2) is 7.11 Å². The van der Waals surface area contributed by atoms with Crippen LogP contribution in [0.1, 0.15) is 25.8 Å². The zero-order valence-corrected chi connectivity index (χ0v) is 9.96. The van der Waals surface area contributed by atoms with Gasteiger partial charge in [0.1, 0.15) is 0 Å². The standard InChI is InChI=1S/C13H18FNO/c1-8(2)10-7-13(10,15)9-5-4-6-11(14)12(9)16-3/h4-6,8,10H,7,15H2,1-3H3. The summed E-state index contributed by atoms with van der Waals surface area (Å²) in [6.45, 7) is 4.29. The topological polar surface area (TPSA) is 35.2 Å². The summed E-state index contributed by atoms with van der Waals surface area (Å²) in [5, 5.41) is 0. The van der Waals surface area contributed by atoms with Gasteiger partial charge >= 0.3 is 0 Å². The highest BCUT2D eigenvalue weighted by atomic mass is 19.1. The average Bonchev–Trinajstić information content (AvgIpc) is 2.92. The van der Waals surface area contributed by atoms with Crippen molar-refractivity contribution in [1.82, 2.24) is 0 Å². The number of rotatable bonds is 3. The van der Waals surface area contributed by atoms with Crippen molar-refractivity contribution in [1.29, 1.82) is 0 Å². The molecule has 2 nitrogen and oxygen atoms in total. The van der Waals surface area contributed by atoms with Gasteiger partial charge in [0.25, 0.3) is 0 Å². The minimum atomic E-state index is -0.401. The zero-order chi connectivity index (χ0) is 11.9. The fourth-order valence-corrected chi connectivity index (χ4v) is 2.53. The molecule has 2 rings (SSSR count). The largest absolute Gasteiger partial charge is 0.493 e. The summed E-state index contributed by atoms with van der Waals surface area (Å²) < 4.78 is 18.7. The molecular weight excluding hydrogens is 205 g/mol. The number of benzene rings is 1. The van der Waals surface area contributed by atoms with Crippen LogP contribution in [0.2, 0.25) is 0 Å².